The van der Waals surface area contributed by atoms with Crippen molar-refractivity contribution in [3.63, 3.8) is 0 Å². The Bertz CT molecular complexity index is 560. The Labute approximate surface area is 131 Å². The second-order valence-corrected chi connectivity index (χ2v) is 5.84. The Morgan fingerprint density at radius 3 is 2.77 bits per heavy atom. The number of carbonyl (C=O) groups is 1. The number of rotatable bonds is 2. The molecule has 0 aliphatic carbocycles. The third-order valence-electron chi connectivity index (χ3n) is 4.03. The summed E-state index contributed by atoms with van der Waals surface area (Å²) in [5.74, 6) is 5.84. The number of hydrogen-bond donors (Lipinski definition) is 3. The molecule has 0 radical (unpaired) electrons. The van der Waals surface area contributed by atoms with Crippen LogP contribution in [0.15, 0.2) is 27.5 Å². The predicted octanol–water partition coefficient (Wildman–Crippen LogP) is 1.45. The van der Waals surface area contributed by atoms with Crippen LogP contribution in [0.5, 0.6) is 0 Å². The predicted molar refractivity (Wildman–Crippen MR) is 85.6 cm³/mol. The molecular formula is C15H25N5O2. The first-order valence-electron chi connectivity index (χ1n) is 7.54. The van der Waals surface area contributed by atoms with Crippen molar-refractivity contribution in [3.05, 3.63) is 22.4 Å². The molecule has 1 fully saturated rings. The van der Waals surface area contributed by atoms with Crippen LogP contribution in [-0.4, -0.2) is 36.0 Å². The fraction of sp³-hybridized carbons (Fsp3) is 0.600. The fourth-order valence-electron chi connectivity index (χ4n) is 3.00. The molecule has 4 N–H and O–H groups in total. The number of nitrogens with two attached hydrogens (primary N) is 1. The summed E-state index contributed by atoms with van der Waals surface area (Å²) in [6.45, 7) is 10.7. The van der Waals surface area contributed by atoms with E-state index >= 15 is 0 Å². The van der Waals surface area contributed by atoms with Gasteiger partial charge in [-0.2, -0.15) is 5.10 Å². The number of hydrogen-bond acceptors (Lipinski definition) is 6. The molecule has 2 rings (SSSR count). The van der Waals surface area contributed by atoms with Gasteiger partial charge in [0.05, 0.1) is 18.0 Å². The Hall–Kier alpha value is -1.86. The lowest BCUT2D eigenvalue weighted by Crippen LogP contribution is -2.60. The van der Waals surface area contributed by atoms with Gasteiger partial charge in [-0.15, -0.1) is 0 Å². The van der Waals surface area contributed by atoms with Gasteiger partial charge in [-0.05, 0) is 33.3 Å². The van der Waals surface area contributed by atoms with E-state index in [1.54, 1.807) is 11.8 Å². The van der Waals surface area contributed by atoms with E-state index in [1.165, 1.54) is 0 Å². The minimum atomic E-state index is -0.439. The van der Waals surface area contributed by atoms with Crippen LogP contribution in [0.1, 0.15) is 34.6 Å². The molecule has 2 heterocycles. The Kier molecular flexibility index (Phi) is 4.87. The molecule has 2 unspecified atom stereocenters. The maximum atomic E-state index is 12.2. The first-order valence-corrected chi connectivity index (χ1v) is 7.54. The zero-order valence-electron chi connectivity index (χ0n) is 13.9. The van der Waals surface area contributed by atoms with E-state index < -0.39 is 6.17 Å². The minimum absolute atomic E-state index is 0.102. The topological polar surface area (TPSA) is 92.0 Å². The normalized spacial score (nSPS) is 24.5. The van der Waals surface area contributed by atoms with Gasteiger partial charge in [-0.3, -0.25) is 16.2 Å². The monoisotopic (exact) mass is 307 g/mol. The van der Waals surface area contributed by atoms with Crippen molar-refractivity contribution in [1.29, 1.82) is 0 Å². The number of nitrogens with zero attached hydrogens (tertiary/aromatic N) is 2. The number of allylic oxidation sites excluding steroid dienone is 2. The third-order valence-corrected chi connectivity index (χ3v) is 4.03. The van der Waals surface area contributed by atoms with Gasteiger partial charge < -0.3 is 4.74 Å². The van der Waals surface area contributed by atoms with Crippen molar-refractivity contribution in [2.45, 2.75) is 40.8 Å². The van der Waals surface area contributed by atoms with E-state index in [9.17, 15) is 4.79 Å². The molecule has 0 aromatic heterocycles. The third kappa shape index (κ3) is 2.74. The van der Waals surface area contributed by atoms with Crippen LogP contribution in [0.2, 0.25) is 0 Å². The molecule has 0 spiro atoms. The van der Waals surface area contributed by atoms with Crippen LogP contribution in [0, 0.1) is 5.92 Å². The van der Waals surface area contributed by atoms with Gasteiger partial charge in [0.2, 0.25) is 0 Å². The van der Waals surface area contributed by atoms with E-state index in [0.29, 0.717) is 13.2 Å². The van der Waals surface area contributed by atoms with Crippen molar-refractivity contribution in [3.8, 4) is 0 Å². The molecule has 22 heavy (non-hydrogen) atoms. The molecular weight excluding hydrogens is 282 g/mol. The summed E-state index contributed by atoms with van der Waals surface area (Å²) in [7, 11) is 0. The maximum Gasteiger partial charge on any atom is 0.411 e. The lowest BCUT2D eigenvalue weighted by atomic mass is 9.85. The van der Waals surface area contributed by atoms with Crippen molar-refractivity contribution in [2.75, 3.05) is 13.2 Å². The zero-order chi connectivity index (χ0) is 16.4. The van der Waals surface area contributed by atoms with Gasteiger partial charge in [-0.25, -0.2) is 10.2 Å². The maximum absolute atomic E-state index is 12.2. The van der Waals surface area contributed by atoms with E-state index in [4.69, 9.17) is 10.6 Å². The number of carbonyl (C=O) groups excluding carboxylic acids is 1. The highest BCUT2D eigenvalue weighted by Gasteiger charge is 2.40. The molecule has 0 bridgehead atoms. The standard InChI is InChI=1S/C15H25N5O2/c1-6-22-15(21)20-7-9(4)13-11(14(20)17-16)10(5)12(8(2)3)18-19-13/h9,14,17-18H,6-7,16H2,1-5H3. The van der Waals surface area contributed by atoms with E-state index in [2.05, 4.69) is 16.0 Å². The van der Waals surface area contributed by atoms with Gasteiger partial charge in [0.25, 0.3) is 0 Å². The second kappa shape index (κ2) is 6.50. The number of hydrazone groups is 1. The van der Waals surface area contributed by atoms with E-state index in [0.717, 1.165) is 28.1 Å². The molecule has 0 aromatic rings. The van der Waals surface area contributed by atoms with Crippen LogP contribution < -0.4 is 16.7 Å². The van der Waals surface area contributed by atoms with Crippen LogP contribution in [-0.2, 0) is 4.74 Å². The van der Waals surface area contributed by atoms with Gasteiger partial charge in [0, 0.05) is 18.0 Å². The largest absolute Gasteiger partial charge is 0.450 e. The van der Waals surface area contributed by atoms with E-state index in [1.807, 2.05) is 27.7 Å². The molecule has 122 valence electrons. The number of amides is 1. The first-order chi connectivity index (χ1) is 10.4. The van der Waals surface area contributed by atoms with E-state index in [-0.39, 0.29) is 12.0 Å². The smallest absolute Gasteiger partial charge is 0.411 e. The summed E-state index contributed by atoms with van der Waals surface area (Å²) in [4.78, 5) is 13.9. The van der Waals surface area contributed by atoms with Gasteiger partial charge in [0.15, 0.2) is 0 Å². The molecule has 7 nitrogen and oxygen atoms in total. The average molecular weight is 307 g/mol. The number of nitrogens with one attached hydrogen (secondary N) is 2. The van der Waals surface area contributed by atoms with Crippen molar-refractivity contribution in [1.82, 2.24) is 15.8 Å². The minimum Gasteiger partial charge on any atom is -0.450 e. The highest BCUT2D eigenvalue weighted by molar-refractivity contribution is 6.06. The summed E-state index contributed by atoms with van der Waals surface area (Å²) in [5, 5.41) is 4.50. The fourth-order valence-corrected chi connectivity index (χ4v) is 3.00. The summed E-state index contributed by atoms with van der Waals surface area (Å²) in [6.07, 6.45) is -0.806. The lowest BCUT2D eigenvalue weighted by Gasteiger charge is -2.42. The van der Waals surface area contributed by atoms with Crippen LogP contribution in [0.25, 0.3) is 0 Å². The number of fused-ring (bicyclic) bond motifs is 1. The van der Waals surface area contributed by atoms with Crippen LogP contribution in [0.4, 0.5) is 4.79 Å². The Balaban J connectivity index is 2.49. The second-order valence-electron chi connectivity index (χ2n) is 5.84. The molecule has 2 aliphatic heterocycles. The lowest BCUT2D eigenvalue weighted by molar-refractivity contribution is 0.0838. The Morgan fingerprint density at radius 2 is 2.23 bits per heavy atom. The quantitative estimate of drug-likeness (QED) is 0.530. The number of hydrazine groups is 1. The molecule has 2 atom stereocenters. The molecule has 1 saturated heterocycles. The molecule has 7 heteroatoms. The number of piperidine rings is 1. The van der Waals surface area contributed by atoms with Crippen LogP contribution in [0.3, 0.4) is 0 Å². The van der Waals surface area contributed by atoms with Gasteiger partial charge in [0.1, 0.15) is 6.17 Å². The molecule has 0 aromatic carbocycles. The molecule has 0 saturated carbocycles. The van der Waals surface area contributed by atoms with Crippen molar-refractivity contribution >= 4 is 11.8 Å². The summed E-state index contributed by atoms with van der Waals surface area (Å²) >= 11 is 0. The van der Waals surface area contributed by atoms with Crippen molar-refractivity contribution < 1.29 is 9.53 Å². The zero-order valence-corrected chi connectivity index (χ0v) is 13.9. The highest BCUT2D eigenvalue weighted by Crippen LogP contribution is 2.31. The molecule has 1 amide bonds. The summed E-state index contributed by atoms with van der Waals surface area (Å²) in [5.41, 5.74) is 10.9. The summed E-state index contributed by atoms with van der Waals surface area (Å²) in [6, 6.07) is 0. The highest BCUT2D eigenvalue weighted by atomic mass is 16.6. The average Bonchev–Trinajstić information content (AvgIpc) is 2.47. The molecule has 2 aliphatic rings. The Morgan fingerprint density at radius 1 is 1.55 bits per heavy atom. The van der Waals surface area contributed by atoms with Gasteiger partial charge in [-0.1, -0.05) is 12.5 Å². The van der Waals surface area contributed by atoms with Gasteiger partial charge >= 0.3 is 6.09 Å². The number of likely N-dealkylation sites (tertiary alicyclic amines) is 1. The van der Waals surface area contributed by atoms with Crippen molar-refractivity contribution in [2.24, 2.45) is 16.9 Å². The SMILES string of the molecule is CCOC(=O)N1CC(C)C2=NNC(=C(C)C)C(C)=C2C1NN. The first kappa shape index (κ1) is 16.5. The van der Waals surface area contributed by atoms with Crippen LogP contribution >= 0.6 is 0 Å². The summed E-state index contributed by atoms with van der Waals surface area (Å²) < 4.78 is 5.15. The number of ether oxygens (including phenoxy) is 1.